The first-order chi connectivity index (χ1) is 27.1. The smallest absolute Gasteiger partial charge is 0.408 e. The zero-order valence-electron chi connectivity index (χ0n) is 36.5. The van der Waals surface area contributed by atoms with Crippen LogP contribution in [0.4, 0.5) is 4.79 Å². The molecule has 0 bridgehead atoms. The van der Waals surface area contributed by atoms with E-state index in [9.17, 15) is 43.2 Å². The van der Waals surface area contributed by atoms with Crippen molar-refractivity contribution in [2.75, 3.05) is 19.8 Å². The van der Waals surface area contributed by atoms with Crippen LogP contribution >= 0.6 is 0 Å². The van der Waals surface area contributed by atoms with Crippen LogP contribution in [0.2, 0.25) is 0 Å². The molecule has 0 aromatic carbocycles. The Kier molecular flexibility index (Phi) is 26.9. The van der Waals surface area contributed by atoms with Gasteiger partial charge in [-0.1, -0.05) is 27.0 Å². The number of ether oxygens (including phenoxy) is 4. The zero-order chi connectivity index (χ0) is 46.1. The topological polar surface area (TPSA) is 273 Å². The van der Waals surface area contributed by atoms with E-state index in [2.05, 4.69) is 29.1 Å². The minimum atomic E-state index is -1.17. The molecule has 0 aromatic heterocycles. The lowest BCUT2D eigenvalue weighted by molar-refractivity contribution is -0.157. The second kappa shape index (κ2) is 28.3. The summed E-state index contributed by atoms with van der Waals surface area (Å²) >= 11 is 0. The lowest BCUT2D eigenvalue weighted by Crippen LogP contribution is -2.46. The van der Waals surface area contributed by atoms with Gasteiger partial charge in [-0.2, -0.15) is 0 Å². The van der Waals surface area contributed by atoms with E-state index >= 15 is 0 Å². The summed E-state index contributed by atoms with van der Waals surface area (Å²) in [5.74, 6) is -4.61. The number of carboxylic acid groups (broad SMARTS) is 1. The molecule has 18 nitrogen and oxygen atoms in total. The van der Waals surface area contributed by atoms with Gasteiger partial charge in [0.05, 0.1) is 19.2 Å². The Bertz CT molecular complexity index is 1480. The number of rotatable bonds is 25. The average molecular weight is 841 g/mol. The molecule has 0 fully saturated rings. The second-order valence-corrected chi connectivity index (χ2v) is 15.8. The number of alkyl carbamates (subject to hydrolysis) is 1. The fourth-order valence-electron chi connectivity index (χ4n) is 4.56. The minimum Gasteiger partial charge on any atom is -0.480 e. The third kappa shape index (κ3) is 28.8. The summed E-state index contributed by atoms with van der Waals surface area (Å²) in [5.41, 5.74) is 4.34. The van der Waals surface area contributed by atoms with Crippen molar-refractivity contribution < 1.29 is 67.2 Å². The van der Waals surface area contributed by atoms with Gasteiger partial charge >= 0.3 is 30.0 Å². The minimum absolute atomic E-state index is 0.00188. The van der Waals surface area contributed by atoms with Crippen LogP contribution < -0.4 is 21.7 Å². The number of hydrogen-bond acceptors (Lipinski definition) is 14. The van der Waals surface area contributed by atoms with Crippen molar-refractivity contribution in [2.45, 2.75) is 156 Å². The number of esters is 3. The van der Waals surface area contributed by atoms with Crippen molar-refractivity contribution in [3.05, 3.63) is 24.3 Å². The van der Waals surface area contributed by atoms with Gasteiger partial charge in [0.25, 0.3) is 0 Å². The second-order valence-electron chi connectivity index (χ2n) is 15.8. The molecule has 336 valence electrons. The molecule has 4 atom stereocenters. The number of carbonyl (C=O) groups is 9. The maximum Gasteiger partial charge on any atom is 0.408 e. The highest BCUT2D eigenvalue weighted by Gasteiger charge is 2.30. The van der Waals surface area contributed by atoms with E-state index in [1.54, 1.807) is 55.4 Å². The Balaban J connectivity index is 0. The first-order valence-electron chi connectivity index (χ1n) is 19.6. The molecule has 0 heterocycles. The van der Waals surface area contributed by atoms with Crippen LogP contribution in [0.25, 0.3) is 0 Å². The van der Waals surface area contributed by atoms with E-state index in [1.807, 2.05) is 0 Å². The summed E-state index contributed by atoms with van der Waals surface area (Å²) in [5, 5.41) is 16.3. The van der Waals surface area contributed by atoms with Gasteiger partial charge in [0, 0.05) is 42.7 Å². The number of aliphatic carboxylic acids is 1. The van der Waals surface area contributed by atoms with Gasteiger partial charge in [0.15, 0.2) is 5.78 Å². The molecular weight excluding hydrogens is 772 g/mol. The normalized spacial score (nSPS) is 13.0. The molecule has 18 heteroatoms. The summed E-state index contributed by atoms with van der Waals surface area (Å²) in [6, 6.07) is -2.82. The van der Waals surface area contributed by atoms with Crippen LogP contribution in [0.15, 0.2) is 24.3 Å². The maximum atomic E-state index is 12.6. The number of amides is 3. The summed E-state index contributed by atoms with van der Waals surface area (Å²) in [6.07, 6.45) is 0.443. The molecule has 0 aliphatic rings. The molecule has 0 rings (SSSR count). The van der Waals surface area contributed by atoms with Crippen LogP contribution in [0.3, 0.4) is 0 Å². The molecule has 0 saturated carbocycles. The number of carboxylic acids is 1. The number of nitrogens with two attached hydrogens (primary N) is 1. The monoisotopic (exact) mass is 840 g/mol. The molecule has 6 N–H and O–H groups in total. The van der Waals surface area contributed by atoms with Crippen molar-refractivity contribution in [1.29, 1.82) is 0 Å². The van der Waals surface area contributed by atoms with E-state index in [1.165, 1.54) is 13.8 Å². The average Bonchev–Trinajstić information content (AvgIpc) is 3.11. The SMILES string of the molecule is C=C(C)C(=O)OCCCC(=O)[C@@H](CC)NC(=O)CCC(N)C(=O)O.C=C(C)C(=O)OCCNC(=O)[C@@H](CC)CC(=O)CC[C@H](NC(=O)OC(C)(C)C)C(=O)OC(C)(C)C. The third-order valence-electron chi connectivity index (χ3n) is 7.70. The Hall–Kier alpha value is -5.13. The molecule has 0 saturated heterocycles. The predicted octanol–water partition coefficient (Wildman–Crippen LogP) is 3.76. The zero-order valence-corrected chi connectivity index (χ0v) is 36.5. The summed E-state index contributed by atoms with van der Waals surface area (Å²) in [4.78, 5) is 107. The van der Waals surface area contributed by atoms with Crippen LogP contribution in [0.5, 0.6) is 0 Å². The van der Waals surface area contributed by atoms with Crippen LogP contribution in [-0.2, 0) is 57.3 Å². The Labute approximate surface area is 348 Å². The van der Waals surface area contributed by atoms with Crippen molar-refractivity contribution in [3.63, 3.8) is 0 Å². The highest BCUT2D eigenvalue weighted by Crippen LogP contribution is 2.16. The van der Waals surface area contributed by atoms with E-state index in [0.717, 1.165) is 0 Å². The van der Waals surface area contributed by atoms with E-state index in [4.69, 9.17) is 29.8 Å². The molecule has 59 heavy (non-hydrogen) atoms. The number of carbonyl (C=O) groups excluding carboxylic acids is 8. The Morgan fingerprint density at radius 1 is 0.712 bits per heavy atom. The van der Waals surface area contributed by atoms with Crippen molar-refractivity contribution in [1.82, 2.24) is 16.0 Å². The summed E-state index contributed by atoms with van der Waals surface area (Å²) < 4.78 is 20.4. The maximum absolute atomic E-state index is 12.6. The van der Waals surface area contributed by atoms with E-state index in [-0.39, 0.29) is 81.3 Å². The first kappa shape index (κ1) is 56.0. The number of ketones is 2. The van der Waals surface area contributed by atoms with Crippen molar-refractivity contribution in [3.8, 4) is 0 Å². The molecule has 0 spiro atoms. The quantitative estimate of drug-likeness (QED) is 0.0379. The summed E-state index contributed by atoms with van der Waals surface area (Å²) in [6.45, 7) is 23.9. The van der Waals surface area contributed by atoms with Gasteiger partial charge in [-0.3, -0.25) is 24.0 Å². The summed E-state index contributed by atoms with van der Waals surface area (Å²) in [7, 11) is 0. The van der Waals surface area contributed by atoms with Gasteiger partial charge in [-0.15, -0.1) is 0 Å². The van der Waals surface area contributed by atoms with E-state index < -0.39 is 71.1 Å². The molecule has 0 aliphatic heterocycles. The number of hydrogen-bond donors (Lipinski definition) is 5. The molecular formula is C41H68N4O14. The van der Waals surface area contributed by atoms with Crippen molar-refractivity contribution in [2.24, 2.45) is 11.7 Å². The van der Waals surface area contributed by atoms with Gasteiger partial charge in [-0.25, -0.2) is 19.2 Å². The highest BCUT2D eigenvalue weighted by molar-refractivity contribution is 5.90. The molecule has 1 unspecified atom stereocenters. The third-order valence-corrected chi connectivity index (χ3v) is 7.70. The van der Waals surface area contributed by atoms with Gasteiger partial charge in [0.1, 0.15) is 35.7 Å². The molecule has 0 radical (unpaired) electrons. The van der Waals surface area contributed by atoms with Crippen LogP contribution in [0, 0.1) is 5.92 Å². The number of nitrogens with one attached hydrogen (secondary N) is 3. The predicted molar refractivity (Wildman–Crippen MR) is 218 cm³/mol. The van der Waals surface area contributed by atoms with Crippen LogP contribution in [0.1, 0.15) is 127 Å². The molecule has 0 aliphatic carbocycles. The number of Topliss-reactive ketones (excluding diaryl/α,β-unsaturated/α-hetero) is 2. The van der Waals surface area contributed by atoms with Crippen LogP contribution in [-0.4, -0.2) is 108 Å². The molecule has 3 amide bonds. The lowest BCUT2D eigenvalue weighted by Gasteiger charge is -2.26. The standard InChI is InChI=1S/C25H42N2O8.C16H26N2O6/c1-10-17(20(29)26-13-14-33-21(30)16(2)3)15-18(28)11-12-19(22(31)34-24(4,5)6)27-23(32)35-25(7,8)9;1-4-12(18-14(20)8-7-11(17)15(21)22)13(19)6-5-9-24-16(23)10(2)3/h17,19H,2,10-15H2,1,3-9H3,(H,26,29)(H,27,32);11-12H,2,4-9,17H2,1,3H3,(H,18,20)(H,21,22)/t17-,19-;11?,12-/m01/s1. The lowest BCUT2D eigenvalue weighted by atomic mass is 9.95. The first-order valence-corrected chi connectivity index (χ1v) is 19.6. The highest BCUT2D eigenvalue weighted by atomic mass is 16.6. The Morgan fingerprint density at radius 2 is 1.25 bits per heavy atom. The fraction of sp³-hybridized carbons (Fsp3) is 0.683. The van der Waals surface area contributed by atoms with Gasteiger partial charge < -0.3 is 45.7 Å². The largest absolute Gasteiger partial charge is 0.480 e. The van der Waals surface area contributed by atoms with Gasteiger partial charge in [-0.05, 0) is 87.5 Å². The Morgan fingerprint density at radius 3 is 1.73 bits per heavy atom. The van der Waals surface area contributed by atoms with Crippen molar-refractivity contribution >= 4 is 53.4 Å². The molecule has 0 aromatic rings. The van der Waals surface area contributed by atoms with E-state index in [0.29, 0.717) is 24.8 Å². The van der Waals surface area contributed by atoms with Gasteiger partial charge in [0.2, 0.25) is 11.8 Å². The fourth-order valence-corrected chi connectivity index (χ4v) is 4.56.